The Morgan fingerprint density at radius 2 is 2.25 bits per heavy atom. The largest absolute Gasteiger partial charge is 0.497 e. The Morgan fingerprint density at radius 1 is 1.45 bits per heavy atom. The van der Waals surface area contributed by atoms with Crippen molar-refractivity contribution in [3.8, 4) is 5.75 Å². The summed E-state index contributed by atoms with van der Waals surface area (Å²) in [5.41, 5.74) is 2.30. The zero-order chi connectivity index (χ0) is 14.5. The Morgan fingerprint density at radius 3 is 2.95 bits per heavy atom. The first kappa shape index (κ1) is 14.8. The van der Waals surface area contributed by atoms with E-state index in [1.807, 2.05) is 19.2 Å². The average Bonchev–Trinajstić information content (AvgIpc) is 2.96. The van der Waals surface area contributed by atoms with Gasteiger partial charge >= 0.3 is 0 Å². The lowest BCUT2D eigenvalue weighted by Crippen LogP contribution is -2.17. The van der Waals surface area contributed by atoms with Crippen LogP contribution in [0.2, 0.25) is 0 Å². The number of nitrogens with zero attached hydrogens (tertiary/aromatic N) is 2. The van der Waals surface area contributed by atoms with E-state index >= 15 is 0 Å². The Hall–Kier alpha value is -1.59. The Bertz CT molecular complexity index is 556. The van der Waals surface area contributed by atoms with E-state index in [-0.39, 0.29) is 6.04 Å². The minimum absolute atomic E-state index is 0.283. The average molecular weight is 291 g/mol. The molecule has 0 bridgehead atoms. The first-order valence-electron chi connectivity index (χ1n) is 6.60. The van der Waals surface area contributed by atoms with E-state index < -0.39 is 0 Å². The number of nitrogens with one attached hydrogen (secondary N) is 1. The van der Waals surface area contributed by atoms with Crippen molar-refractivity contribution in [2.75, 3.05) is 26.1 Å². The number of anilines is 1. The van der Waals surface area contributed by atoms with Crippen molar-refractivity contribution in [2.24, 2.45) is 0 Å². The van der Waals surface area contributed by atoms with Crippen LogP contribution in [0.1, 0.15) is 24.2 Å². The van der Waals surface area contributed by atoms with Gasteiger partial charge in [0, 0.05) is 25.0 Å². The summed E-state index contributed by atoms with van der Waals surface area (Å²) in [6.07, 6.45) is 0. The molecular formula is C15H21N3OS. The normalized spacial score (nSPS) is 12.2. The van der Waals surface area contributed by atoms with Crippen molar-refractivity contribution < 1.29 is 4.74 Å². The smallest absolute Gasteiger partial charge is 0.185 e. The van der Waals surface area contributed by atoms with Crippen molar-refractivity contribution in [3.05, 3.63) is 40.9 Å². The van der Waals surface area contributed by atoms with Crippen molar-refractivity contribution >= 4 is 16.5 Å². The predicted octanol–water partition coefficient (Wildman–Crippen LogP) is 3.07. The molecule has 0 aliphatic carbocycles. The summed E-state index contributed by atoms with van der Waals surface area (Å²) < 4.78 is 5.25. The predicted molar refractivity (Wildman–Crippen MR) is 84.7 cm³/mol. The van der Waals surface area contributed by atoms with Gasteiger partial charge in [-0.3, -0.25) is 0 Å². The number of hydrogen-bond donors (Lipinski definition) is 1. The summed E-state index contributed by atoms with van der Waals surface area (Å²) in [6.45, 7) is 2.93. The summed E-state index contributed by atoms with van der Waals surface area (Å²) in [7, 11) is 5.70. The molecule has 0 radical (unpaired) electrons. The third-order valence-electron chi connectivity index (χ3n) is 3.27. The first-order valence-corrected chi connectivity index (χ1v) is 7.48. The number of hydrogen-bond acceptors (Lipinski definition) is 5. The number of methoxy groups -OCH3 is 1. The summed E-state index contributed by atoms with van der Waals surface area (Å²) in [5, 5.41) is 6.35. The van der Waals surface area contributed by atoms with Gasteiger partial charge in [-0.15, -0.1) is 11.3 Å². The fourth-order valence-electron chi connectivity index (χ4n) is 1.91. The van der Waals surface area contributed by atoms with Crippen LogP contribution in [0.25, 0.3) is 0 Å². The molecule has 1 aromatic heterocycles. The van der Waals surface area contributed by atoms with Crippen LogP contribution in [0.5, 0.6) is 5.75 Å². The molecule has 0 aliphatic heterocycles. The Labute approximate surface area is 124 Å². The van der Waals surface area contributed by atoms with Crippen LogP contribution in [0.15, 0.2) is 29.6 Å². The van der Waals surface area contributed by atoms with Gasteiger partial charge in [-0.05, 0) is 31.7 Å². The maximum Gasteiger partial charge on any atom is 0.185 e. The lowest BCUT2D eigenvalue weighted by atomic mass is 10.2. The molecule has 0 amide bonds. The van der Waals surface area contributed by atoms with Crippen molar-refractivity contribution in [1.82, 2.24) is 10.3 Å². The van der Waals surface area contributed by atoms with Crippen LogP contribution in [-0.4, -0.2) is 26.2 Å². The Balaban J connectivity index is 2.07. The zero-order valence-electron chi connectivity index (χ0n) is 12.4. The van der Waals surface area contributed by atoms with Gasteiger partial charge in [-0.2, -0.15) is 0 Å². The van der Waals surface area contributed by atoms with E-state index in [1.165, 1.54) is 5.56 Å². The third-order valence-corrected chi connectivity index (χ3v) is 4.24. The third kappa shape index (κ3) is 3.49. The van der Waals surface area contributed by atoms with Gasteiger partial charge in [0.05, 0.1) is 12.8 Å². The number of rotatable bonds is 6. The van der Waals surface area contributed by atoms with Crippen molar-refractivity contribution in [1.29, 1.82) is 0 Å². The molecule has 0 spiro atoms. The van der Waals surface area contributed by atoms with E-state index in [2.05, 4.69) is 46.7 Å². The number of benzene rings is 1. The minimum Gasteiger partial charge on any atom is -0.497 e. The lowest BCUT2D eigenvalue weighted by molar-refractivity contribution is 0.414. The van der Waals surface area contributed by atoms with Crippen LogP contribution in [-0.2, 0) is 6.54 Å². The zero-order valence-corrected chi connectivity index (χ0v) is 13.2. The molecule has 1 atom stereocenters. The van der Waals surface area contributed by atoms with Crippen molar-refractivity contribution in [3.63, 3.8) is 0 Å². The molecule has 1 unspecified atom stereocenters. The molecule has 5 heteroatoms. The van der Waals surface area contributed by atoms with Gasteiger partial charge in [-0.1, -0.05) is 12.1 Å². The second-order valence-corrected chi connectivity index (χ2v) is 5.61. The van der Waals surface area contributed by atoms with Gasteiger partial charge in [0.25, 0.3) is 0 Å². The quantitative estimate of drug-likeness (QED) is 0.887. The summed E-state index contributed by atoms with van der Waals surface area (Å²) >= 11 is 1.67. The summed E-state index contributed by atoms with van der Waals surface area (Å²) in [5.74, 6) is 0.888. The van der Waals surface area contributed by atoms with Gasteiger partial charge in [0.1, 0.15) is 5.75 Å². The second kappa shape index (κ2) is 6.72. The minimum atomic E-state index is 0.283. The number of ether oxygens (including phenoxy) is 1. The molecule has 2 aromatic rings. The lowest BCUT2D eigenvalue weighted by Gasteiger charge is -2.16. The van der Waals surface area contributed by atoms with E-state index in [1.54, 1.807) is 18.4 Å². The SMILES string of the molecule is CNC(C)c1csc(N(C)Cc2cccc(OC)c2)n1. The van der Waals surface area contributed by atoms with E-state index in [9.17, 15) is 0 Å². The molecule has 20 heavy (non-hydrogen) atoms. The molecule has 4 nitrogen and oxygen atoms in total. The van der Waals surface area contributed by atoms with E-state index in [0.717, 1.165) is 23.1 Å². The maximum atomic E-state index is 5.25. The molecule has 1 heterocycles. The van der Waals surface area contributed by atoms with Crippen LogP contribution >= 0.6 is 11.3 Å². The maximum absolute atomic E-state index is 5.25. The molecule has 0 saturated heterocycles. The molecule has 0 saturated carbocycles. The number of aromatic nitrogens is 1. The van der Waals surface area contributed by atoms with Gasteiger partial charge < -0.3 is 15.0 Å². The molecular weight excluding hydrogens is 270 g/mol. The molecule has 1 N–H and O–H groups in total. The standard InChI is InChI=1S/C15H21N3OS/c1-11(16-2)14-10-20-15(17-14)18(3)9-12-6-5-7-13(8-12)19-4/h5-8,10-11,16H,9H2,1-4H3. The van der Waals surface area contributed by atoms with E-state index in [4.69, 9.17) is 4.74 Å². The number of thiazole rings is 1. The van der Waals surface area contributed by atoms with Crippen LogP contribution in [0, 0.1) is 0 Å². The molecule has 0 aliphatic rings. The monoisotopic (exact) mass is 291 g/mol. The highest BCUT2D eigenvalue weighted by Gasteiger charge is 2.11. The van der Waals surface area contributed by atoms with Gasteiger partial charge in [0.2, 0.25) is 0 Å². The van der Waals surface area contributed by atoms with E-state index in [0.29, 0.717) is 0 Å². The molecule has 1 aromatic carbocycles. The molecule has 2 rings (SSSR count). The fourth-order valence-corrected chi connectivity index (χ4v) is 2.80. The second-order valence-electron chi connectivity index (χ2n) is 4.77. The first-order chi connectivity index (χ1) is 9.63. The summed E-state index contributed by atoms with van der Waals surface area (Å²) in [4.78, 5) is 6.83. The van der Waals surface area contributed by atoms with Crippen LogP contribution in [0.4, 0.5) is 5.13 Å². The Kier molecular flexibility index (Phi) is 4.98. The highest BCUT2D eigenvalue weighted by Crippen LogP contribution is 2.24. The van der Waals surface area contributed by atoms with Crippen LogP contribution < -0.4 is 15.0 Å². The molecule has 108 valence electrons. The fraction of sp³-hybridized carbons (Fsp3) is 0.400. The topological polar surface area (TPSA) is 37.4 Å². The van der Waals surface area contributed by atoms with Gasteiger partial charge in [0.15, 0.2) is 5.13 Å². The van der Waals surface area contributed by atoms with Crippen LogP contribution in [0.3, 0.4) is 0 Å². The highest BCUT2D eigenvalue weighted by molar-refractivity contribution is 7.13. The highest BCUT2D eigenvalue weighted by atomic mass is 32.1. The van der Waals surface area contributed by atoms with Gasteiger partial charge in [-0.25, -0.2) is 4.98 Å². The summed E-state index contributed by atoms with van der Waals surface area (Å²) in [6, 6.07) is 8.41. The molecule has 0 fully saturated rings. The van der Waals surface area contributed by atoms with Crippen molar-refractivity contribution in [2.45, 2.75) is 19.5 Å².